The SMILES string of the molecule is CCNCc1cc(Br)cc(OCCNC(=O)OC(C)(C)C)c1. The van der Waals surface area contributed by atoms with Gasteiger partial charge in [-0.2, -0.15) is 0 Å². The molecule has 0 aliphatic rings. The fourth-order valence-electron chi connectivity index (χ4n) is 1.71. The van der Waals surface area contributed by atoms with Crippen LogP contribution >= 0.6 is 15.9 Å². The first-order valence-corrected chi connectivity index (χ1v) is 8.19. The minimum absolute atomic E-state index is 0.385. The van der Waals surface area contributed by atoms with Crippen LogP contribution in [0.5, 0.6) is 5.75 Å². The minimum Gasteiger partial charge on any atom is -0.492 e. The highest BCUT2D eigenvalue weighted by molar-refractivity contribution is 9.10. The second-order valence-electron chi connectivity index (χ2n) is 5.85. The van der Waals surface area contributed by atoms with Crippen LogP contribution in [0.15, 0.2) is 22.7 Å². The molecule has 0 saturated heterocycles. The van der Waals surface area contributed by atoms with Crippen LogP contribution in [0.25, 0.3) is 0 Å². The van der Waals surface area contributed by atoms with Gasteiger partial charge in [-0.1, -0.05) is 22.9 Å². The lowest BCUT2D eigenvalue weighted by molar-refractivity contribution is 0.0520. The summed E-state index contributed by atoms with van der Waals surface area (Å²) in [7, 11) is 0. The topological polar surface area (TPSA) is 59.6 Å². The van der Waals surface area contributed by atoms with Gasteiger partial charge in [0, 0.05) is 11.0 Å². The highest BCUT2D eigenvalue weighted by Gasteiger charge is 2.15. The molecule has 0 fully saturated rings. The van der Waals surface area contributed by atoms with E-state index in [0.717, 1.165) is 28.9 Å². The van der Waals surface area contributed by atoms with Gasteiger partial charge in [-0.3, -0.25) is 0 Å². The molecule has 0 atom stereocenters. The average Bonchev–Trinajstić information content (AvgIpc) is 2.39. The number of ether oxygens (including phenoxy) is 2. The Labute approximate surface area is 140 Å². The number of carbonyl (C=O) groups is 1. The van der Waals surface area contributed by atoms with Gasteiger partial charge >= 0.3 is 6.09 Å². The van der Waals surface area contributed by atoms with Crippen molar-refractivity contribution in [2.75, 3.05) is 19.7 Å². The molecule has 1 rings (SSSR count). The Morgan fingerprint density at radius 1 is 1.27 bits per heavy atom. The lowest BCUT2D eigenvalue weighted by atomic mass is 10.2. The zero-order chi connectivity index (χ0) is 16.6. The van der Waals surface area contributed by atoms with Gasteiger partial charge in [0.1, 0.15) is 18.0 Å². The second kappa shape index (κ2) is 9.00. The first-order valence-electron chi connectivity index (χ1n) is 7.40. The number of nitrogens with one attached hydrogen (secondary N) is 2. The lowest BCUT2D eigenvalue weighted by Crippen LogP contribution is -2.34. The molecule has 1 aromatic rings. The Morgan fingerprint density at radius 2 is 2.00 bits per heavy atom. The van der Waals surface area contributed by atoms with Gasteiger partial charge in [0.05, 0.1) is 6.54 Å². The van der Waals surface area contributed by atoms with Crippen LogP contribution in [0.1, 0.15) is 33.3 Å². The summed E-state index contributed by atoms with van der Waals surface area (Å²) in [5.74, 6) is 0.772. The fraction of sp³-hybridized carbons (Fsp3) is 0.562. The minimum atomic E-state index is -0.490. The van der Waals surface area contributed by atoms with Crippen molar-refractivity contribution in [3.05, 3.63) is 28.2 Å². The van der Waals surface area contributed by atoms with E-state index < -0.39 is 11.7 Å². The van der Waals surface area contributed by atoms with Crippen molar-refractivity contribution in [2.24, 2.45) is 0 Å². The molecule has 124 valence electrons. The van der Waals surface area contributed by atoms with E-state index in [-0.39, 0.29) is 0 Å². The lowest BCUT2D eigenvalue weighted by Gasteiger charge is -2.19. The zero-order valence-electron chi connectivity index (χ0n) is 13.7. The maximum absolute atomic E-state index is 11.5. The molecular weight excluding hydrogens is 348 g/mol. The summed E-state index contributed by atoms with van der Waals surface area (Å²) >= 11 is 3.47. The van der Waals surface area contributed by atoms with Gasteiger partial charge < -0.3 is 20.1 Å². The molecule has 22 heavy (non-hydrogen) atoms. The standard InChI is InChI=1S/C16H25BrN2O3/c1-5-18-11-12-8-13(17)10-14(9-12)21-7-6-19-15(20)22-16(2,3)4/h8-10,18H,5-7,11H2,1-4H3,(H,19,20). The predicted octanol–water partition coefficient (Wildman–Crippen LogP) is 3.46. The second-order valence-corrected chi connectivity index (χ2v) is 6.77. The summed E-state index contributed by atoms with van der Waals surface area (Å²) in [6, 6.07) is 5.94. The molecule has 0 radical (unpaired) electrons. The number of benzene rings is 1. The predicted molar refractivity (Wildman–Crippen MR) is 91.3 cm³/mol. The van der Waals surface area contributed by atoms with Crippen molar-refractivity contribution < 1.29 is 14.3 Å². The van der Waals surface area contributed by atoms with E-state index in [1.54, 1.807) is 0 Å². The number of alkyl carbamates (subject to hydrolysis) is 1. The number of hydrogen-bond donors (Lipinski definition) is 2. The number of halogens is 1. The number of carbonyl (C=O) groups excluding carboxylic acids is 1. The van der Waals surface area contributed by atoms with Crippen molar-refractivity contribution in [1.82, 2.24) is 10.6 Å². The quantitative estimate of drug-likeness (QED) is 0.719. The smallest absolute Gasteiger partial charge is 0.407 e. The zero-order valence-corrected chi connectivity index (χ0v) is 15.2. The van der Waals surface area contributed by atoms with E-state index in [0.29, 0.717) is 13.2 Å². The normalized spacial score (nSPS) is 11.1. The molecule has 0 bridgehead atoms. The highest BCUT2D eigenvalue weighted by Crippen LogP contribution is 2.21. The number of rotatable bonds is 7. The molecular formula is C16H25BrN2O3. The third-order valence-corrected chi connectivity index (χ3v) is 3.01. The molecule has 0 aliphatic heterocycles. The van der Waals surface area contributed by atoms with Crippen LogP contribution in [0.2, 0.25) is 0 Å². The Balaban J connectivity index is 2.38. The molecule has 0 aliphatic carbocycles. The Hall–Kier alpha value is -1.27. The first-order chi connectivity index (χ1) is 10.3. The maximum atomic E-state index is 11.5. The van der Waals surface area contributed by atoms with Gasteiger partial charge in [-0.15, -0.1) is 0 Å². The summed E-state index contributed by atoms with van der Waals surface area (Å²) in [5.41, 5.74) is 0.655. The van der Waals surface area contributed by atoms with Gasteiger partial charge in [-0.25, -0.2) is 4.79 Å². The molecule has 0 heterocycles. The van der Waals surface area contributed by atoms with E-state index in [2.05, 4.69) is 39.6 Å². The summed E-state index contributed by atoms with van der Waals surface area (Å²) in [6.45, 7) is 10.0. The number of hydrogen-bond acceptors (Lipinski definition) is 4. The van der Waals surface area contributed by atoms with E-state index in [1.165, 1.54) is 0 Å². The monoisotopic (exact) mass is 372 g/mol. The highest BCUT2D eigenvalue weighted by atomic mass is 79.9. The van der Waals surface area contributed by atoms with Crippen molar-refractivity contribution >= 4 is 22.0 Å². The van der Waals surface area contributed by atoms with Crippen molar-refractivity contribution in [1.29, 1.82) is 0 Å². The largest absolute Gasteiger partial charge is 0.492 e. The molecule has 0 unspecified atom stereocenters. The van der Waals surface area contributed by atoms with Crippen LogP contribution in [-0.4, -0.2) is 31.4 Å². The summed E-state index contributed by atoms with van der Waals surface area (Å²) in [5, 5.41) is 5.94. The van der Waals surface area contributed by atoms with E-state index in [4.69, 9.17) is 9.47 Å². The van der Waals surface area contributed by atoms with Gasteiger partial charge in [0.15, 0.2) is 0 Å². The molecule has 0 aromatic heterocycles. The summed E-state index contributed by atoms with van der Waals surface area (Å²) in [6.07, 6.45) is -0.432. The third kappa shape index (κ3) is 8.24. The average molecular weight is 373 g/mol. The fourth-order valence-corrected chi connectivity index (χ4v) is 2.23. The van der Waals surface area contributed by atoms with Crippen LogP contribution in [0.4, 0.5) is 4.79 Å². The summed E-state index contributed by atoms with van der Waals surface area (Å²) < 4.78 is 11.8. The van der Waals surface area contributed by atoms with Crippen LogP contribution < -0.4 is 15.4 Å². The molecule has 5 nitrogen and oxygen atoms in total. The summed E-state index contributed by atoms with van der Waals surface area (Å²) in [4.78, 5) is 11.5. The first kappa shape index (κ1) is 18.8. The van der Waals surface area contributed by atoms with Crippen LogP contribution in [0, 0.1) is 0 Å². The Bertz CT molecular complexity index is 487. The van der Waals surface area contributed by atoms with Crippen LogP contribution in [-0.2, 0) is 11.3 Å². The van der Waals surface area contributed by atoms with E-state index in [9.17, 15) is 4.79 Å². The van der Waals surface area contributed by atoms with Gasteiger partial charge in [0.25, 0.3) is 0 Å². The molecule has 2 N–H and O–H groups in total. The maximum Gasteiger partial charge on any atom is 0.407 e. The van der Waals surface area contributed by atoms with E-state index in [1.807, 2.05) is 32.9 Å². The molecule has 0 spiro atoms. The Kier molecular flexibility index (Phi) is 7.68. The van der Waals surface area contributed by atoms with Crippen molar-refractivity contribution in [2.45, 2.75) is 39.8 Å². The molecule has 0 saturated carbocycles. The van der Waals surface area contributed by atoms with E-state index >= 15 is 0 Å². The van der Waals surface area contributed by atoms with Crippen molar-refractivity contribution in [3.63, 3.8) is 0 Å². The molecule has 1 amide bonds. The third-order valence-electron chi connectivity index (χ3n) is 2.55. The van der Waals surface area contributed by atoms with Crippen molar-refractivity contribution in [3.8, 4) is 5.75 Å². The Morgan fingerprint density at radius 3 is 2.64 bits per heavy atom. The van der Waals surface area contributed by atoms with Crippen LogP contribution in [0.3, 0.4) is 0 Å². The van der Waals surface area contributed by atoms with Gasteiger partial charge in [-0.05, 0) is 51.1 Å². The molecule has 1 aromatic carbocycles. The molecule has 6 heteroatoms. The number of amides is 1. The van der Waals surface area contributed by atoms with Gasteiger partial charge in [0.2, 0.25) is 0 Å².